The summed E-state index contributed by atoms with van der Waals surface area (Å²) in [6.07, 6.45) is 1.07. The van der Waals surface area contributed by atoms with Crippen LogP contribution in [0.3, 0.4) is 0 Å². The van der Waals surface area contributed by atoms with Gasteiger partial charge in [-0.25, -0.2) is 0 Å². The summed E-state index contributed by atoms with van der Waals surface area (Å²) < 4.78 is 29.7. The number of nitrogens with zero attached hydrogens (tertiary/aromatic N) is 2. The molecule has 0 unspecified atom stereocenters. The van der Waals surface area contributed by atoms with Gasteiger partial charge in [-0.1, -0.05) is 6.58 Å². The SMILES string of the molecule is C=CC(=O)Nc1ccc(N2CCN(C)CC2)cc1OC(F)F. The molecule has 1 amide bonds. The van der Waals surface area contributed by atoms with Crippen molar-refractivity contribution in [1.29, 1.82) is 0 Å². The van der Waals surface area contributed by atoms with Crippen molar-refractivity contribution >= 4 is 17.3 Å². The van der Waals surface area contributed by atoms with Crippen LogP contribution in [0, 0.1) is 0 Å². The molecule has 0 radical (unpaired) electrons. The summed E-state index contributed by atoms with van der Waals surface area (Å²) in [5.74, 6) is -0.534. The van der Waals surface area contributed by atoms with E-state index in [2.05, 4.69) is 26.4 Å². The number of halogens is 2. The van der Waals surface area contributed by atoms with E-state index in [4.69, 9.17) is 0 Å². The first-order chi connectivity index (χ1) is 10.5. The maximum Gasteiger partial charge on any atom is 0.387 e. The number of rotatable bonds is 5. The van der Waals surface area contributed by atoms with Gasteiger partial charge in [-0.3, -0.25) is 4.79 Å². The normalized spacial score (nSPS) is 15.7. The number of hydrogen-bond acceptors (Lipinski definition) is 4. The van der Waals surface area contributed by atoms with Crippen molar-refractivity contribution in [1.82, 2.24) is 4.90 Å². The molecular weight excluding hydrogens is 292 g/mol. The zero-order valence-electron chi connectivity index (χ0n) is 12.4. The molecule has 2 rings (SSSR count). The Kier molecular flexibility index (Phi) is 5.32. The van der Waals surface area contributed by atoms with Gasteiger partial charge in [0.15, 0.2) is 5.75 Å². The standard InChI is InChI=1S/C15H19F2N3O2/c1-3-14(21)18-12-5-4-11(10-13(12)22-15(16)17)20-8-6-19(2)7-9-20/h3-5,10,15H,1,6-9H2,2H3,(H,18,21). The second kappa shape index (κ2) is 7.22. The maximum absolute atomic E-state index is 12.6. The molecule has 22 heavy (non-hydrogen) atoms. The van der Waals surface area contributed by atoms with Crippen LogP contribution in [0.5, 0.6) is 5.75 Å². The first-order valence-electron chi connectivity index (χ1n) is 6.95. The molecule has 1 aromatic carbocycles. The van der Waals surface area contributed by atoms with Gasteiger partial charge in [-0.05, 0) is 25.3 Å². The van der Waals surface area contributed by atoms with Crippen molar-refractivity contribution in [2.24, 2.45) is 0 Å². The van der Waals surface area contributed by atoms with E-state index in [9.17, 15) is 13.6 Å². The number of likely N-dealkylation sites (N-methyl/N-ethyl adjacent to an activating group) is 1. The van der Waals surface area contributed by atoms with Gasteiger partial charge in [0.25, 0.3) is 0 Å². The number of carbonyl (C=O) groups excluding carboxylic acids is 1. The van der Waals surface area contributed by atoms with Crippen LogP contribution in [-0.2, 0) is 4.79 Å². The monoisotopic (exact) mass is 311 g/mol. The number of amides is 1. The van der Waals surface area contributed by atoms with Crippen LogP contribution in [0.4, 0.5) is 20.2 Å². The van der Waals surface area contributed by atoms with Gasteiger partial charge in [0.2, 0.25) is 5.91 Å². The molecule has 1 fully saturated rings. The summed E-state index contributed by atoms with van der Waals surface area (Å²) in [6, 6.07) is 4.87. The van der Waals surface area contributed by atoms with E-state index in [0.717, 1.165) is 37.9 Å². The summed E-state index contributed by atoms with van der Waals surface area (Å²) in [7, 11) is 2.04. The largest absolute Gasteiger partial charge is 0.433 e. The highest BCUT2D eigenvalue weighted by Crippen LogP contribution is 2.31. The van der Waals surface area contributed by atoms with Crippen molar-refractivity contribution in [3.05, 3.63) is 30.9 Å². The van der Waals surface area contributed by atoms with Gasteiger partial charge in [0.1, 0.15) is 0 Å². The Morgan fingerprint density at radius 2 is 2.05 bits per heavy atom. The summed E-state index contributed by atoms with van der Waals surface area (Å²) in [4.78, 5) is 15.6. The minimum Gasteiger partial charge on any atom is -0.433 e. The first kappa shape index (κ1) is 16.2. The van der Waals surface area contributed by atoms with E-state index in [1.54, 1.807) is 12.1 Å². The van der Waals surface area contributed by atoms with Crippen LogP contribution >= 0.6 is 0 Å². The fourth-order valence-corrected chi connectivity index (χ4v) is 2.25. The molecule has 120 valence electrons. The fourth-order valence-electron chi connectivity index (χ4n) is 2.25. The zero-order valence-corrected chi connectivity index (χ0v) is 12.4. The van der Waals surface area contributed by atoms with Crippen molar-refractivity contribution in [2.45, 2.75) is 6.61 Å². The van der Waals surface area contributed by atoms with Crippen LogP contribution in [-0.4, -0.2) is 50.6 Å². The van der Waals surface area contributed by atoms with E-state index in [1.165, 1.54) is 6.07 Å². The lowest BCUT2D eigenvalue weighted by atomic mass is 10.2. The molecule has 7 heteroatoms. The number of hydrogen-bond donors (Lipinski definition) is 1. The van der Waals surface area contributed by atoms with E-state index in [1.807, 2.05) is 7.05 Å². The molecule has 0 aliphatic carbocycles. The third-order valence-corrected chi connectivity index (χ3v) is 3.49. The van der Waals surface area contributed by atoms with Gasteiger partial charge in [0, 0.05) is 37.9 Å². The van der Waals surface area contributed by atoms with Gasteiger partial charge in [0.05, 0.1) is 5.69 Å². The smallest absolute Gasteiger partial charge is 0.387 e. The molecule has 1 aliphatic heterocycles. The molecule has 1 saturated heterocycles. The number of nitrogens with one attached hydrogen (secondary N) is 1. The van der Waals surface area contributed by atoms with Crippen LogP contribution in [0.15, 0.2) is 30.9 Å². The summed E-state index contributed by atoms with van der Waals surface area (Å²) in [5.41, 5.74) is 0.989. The molecule has 1 N–H and O–H groups in total. The van der Waals surface area contributed by atoms with Crippen molar-refractivity contribution in [2.75, 3.05) is 43.4 Å². The Balaban J connectivity index is 2.22. The van der Waals surface area contributed by atoms with E-state index in [-0.39, 0.29) is 11.4 Å². The Morgan fingerprint density at radius 1 is 1.36 bits per heavy atom. The van der Waals surface area contributed by atoms with Crippen LogP contribution < -0.4 is 15.0 Å². The second-order valence-corrected chi connectivity index (χ2v) is 5.04. The van der Waals surface area contributed by atoms with Crippen molar-refractivity contribution in [3.63, 3.8) is 0 Å². The third kappa shape index (κ3) is 4.17. The summed E-state index contributed by atoms with van der Waals surface area (Å²) in [6.45, 7) is 3.80. The fraction of sp³-hybridized carbons (Fsp3) is 0.400. The second-order valence-electron chi connectivity index (χ2n) is 5.04. The van der Waals surface area contributed by atoms with Gasteiger partial charge < -0.3 is 19.9 Å². The van der Waals surface area contributed by atoms with E-state index in [0.29, 0.717) is 0 Å². The lowest BCUT2D eigenvalue weighted by molar-refractivity contribution is -0.112. The molecular formula is C15H19F2N3O2. The molecule has 1 aromatic rings. The highest BCUT2D eigenvalue weighted by atomic mass is 19.3. The highest BCUT2D eigenvalue weighted by molar-refractivity contribution is 6.00. The number of anilines is 2. The highest BCUT2D eigenvalue weighted by Gasteiger charge is 2.18. The number of piperazine rings is 1. The molecule has 0 atom stereocenters. The average Bonchev–Trinajstić information content (AvgIpc) is 2.49. The lowest BCUT2D eigenvalue weighted by Crippen LogP contribution is -2.44. The van der Waals surface area contributed by atoms with Gasteiger partial charge in [-0.15, -0.1) is 0 Å². The average molecular weight is 311 g/mol. The van der Waals surface area contributed by atoms with E-state index >= 15 is 0 Å². The molecule has 0 spiro atoms. The Bertz CT molecular complexity index is 544. The lowest BCUT2D eigenvalue weighted by Gasteiger charge is -2.34. The topological polar surface area (TPSA) is 44.8 Å². The van der Waals surface area contributed by atoms with Gasteiger partial charge >= 0.3 is 6.61 Å². The molecule has 0 saturated carbocycles. The predicted molar refractivity (Wildman–Crippen MR) is 81.6 cm³/mol. The maximum atomic E-state index is 12.6. The minimum atomic E-state index is -2.96. The Morgan fingerprint density at radius 3 is 2.64 bits per heavy atom. The molecule has 1 heterocycles. The molecule has 0 aromatic heterocycles. The first-order valence-corrected chi connectivity index (χ1v) is 6.95. The molecule has 0 bridgehead atoms. The number of carbonyl (C=O) groups is 1. The predicted octanol–water partition coefficient (Wildman–Crippen LogP) is 2.16. The minimum absolute atomic E-state index is 0.0540. The van der Waals surface area contributed by atoms with Crippen molar-refractivity contribution in [3.8, 4) is 5.75 Å². The summed E-state index contributed by atoms with van der Waals surface area (Å²) >= 11 is 0. The molecule has 1 aliphatic rings. The quantitative estimate of drug-likeness (QED) is 0.847. The summed E-state index contributed by atoms with van der Waals surface area (Å²) in [5, 5.41) is 2.46. The third-order valence-electron chi connectivity index (χ3n) is 3.49. The van der Waals surface area contributed by atoms with Gasteiger partial charge in [-0.2, -0.15) is 8.78 Å². The number of benzene rings is 1. The number of alkyl halides is 2. The van der Waals surface area contributed by atoms with Crippen LogP contribution in [0.25, 0.3) is 0 Å². The molecule has 5 nitrogen and oxygen atoms in total. The Hall–Kier alpha value is -2.15. The van der Waals surface area contributed by atoms with E-state index < -0.39 is 12.5 Å². The van der Waals surface area contributed by atoms with Crippen LogP contribution in [0.1, 0.15) is 0 Å². The Labute approximate surface area is 128 Å². The van der Waals surface area contributed by atoms with Crippen molar-refractivity contribution < 1.29 is 18.3 Å². The van der Waals surface area contributed by atoms with Crippen LogP contribution in [0.2, 0.25) is 0 Å². The number of ether oxygens (including phenoxy) is 1. The zero-order chi connectivity index (χ0) is 16.1.